The molecule has 0 aromatic heterocycles. The van der Waals surface area contributed by atoms with E-state index < -0.39 is 8.07 Å². The lowest BCUT2D eigenvalue weighted by molar-refractivity contribution is -0.143. The molecule has 2 nitrogen and oxygen atoms in total. The minimum Gasteiger partial charge on any atom is -0.460 e. The first-order chi connectivity index (χ1) is 8.78. The molecule has 0 aliphatic heterocycles. The van der Waals surface area contributed by atoms with Crippen LogP contribution in [0.25, 0.3) is 0 Å². The number of ether oxygens (including phenoxy) is 1. The van der Waals surface area contributed by atoms with Crippen LogP contribution < -0.4 is 0 Å². The molecule has 4 heteroatoms. The van der Waals surface area contributed by atoms with Crippen molar-refractivity contribution in [2.24, 2.45) is 0 Å². The maximum Gasteiger partial charge on any atom is 0.319 e. The lowest BCUT2D eigenvalue weighted by Gasteiger charge is -2.06. The molecule has 0 aliphatic rings. The molecule has 1 unspecified atom stereocenters. The van der Waals surface area contributed by atoms with Gasteiger partial charge in [-0.05, 0) is 24.6 Å². The number of alkyl halides is 1. The van der Waals surface area contributed by atoms with Crippen LogP contribution in [0.4, 0.5) is 0 Å². The molecule has 0 radical (unpaired) electrons. The predicted molar refractivity (Wildman–Crippen MR) is 84.9 cm³/mol. The second kappa shape index (κ2) is 6.92. The van der Waals surface area contributed by atoms with Crippen molar-refractivity contribution in [2.45, 2.75) is 38.0 Å². The average Bonchev–Trinajstić information content (AvgIpc) is 2.33. The third kappa shape index (κ3) is 6.60. The lowest BCUT2D eigenvalue weighted by atomic mass is 10.1. The molecule has 1 atom stereocenters. The van der Waals surface area contributed by atoms with Crippen LogP contribution in [0.5, 0.6) is 0 Å². The Morgan fingerprint density at radius 3 is 2.37 bits per heavy atom. The largest absolute Gasteiger partial charge is 0.460 e. The summed E-state index contributed by atoms with van der Waals surface area (Å²) in [4.78, 5) is 11.0. The molecule has 0 saturated heterocycles. The van der Waals surface area contributed by atoms with Crippen LogP contribution in [-0.2, 0) is 16.1 Å². The van der Waals surface area contributed by atoms with Gasteiger partial charge in [-0.15, -0.1) is 5.54 Å². The first kappa shape index (κ1) is 16.0. The molecular formula is C15H19BrO2Si. The molecule has 0 heterocycles. The second-order valence-electron chi connectivity index (χ2n) is 5.42. The molecule has 102 valence electrons. The van der Waals surface area contributed by atoms with E-state index in [2.05, 4.69) is 47.0 Å². The topological polar surface area (TPSA) is 26.3 Å². The van der Waals surface area contributed by atoms with Crippen LogP contribution in [0.2, 0.25) is 19.6 Å². The zero-order chi connectivity index (χ0) is 14.5. The van der Waals surface area contributed by atoms with Crippen molar-refractivity contribution in [2.75, 3.05) is 0 Å². The van der Waals surface area contributed by atoms with Crippen LogP contribution >= 0.6 is 15.9 Å². The van der Waals surface area contributed by atoms with E-state index in [1.807, 2.05) is 24.3 Å². The van der Waals surface area contributed by atoms with Gasteiger partial charge in [-0.1, -0.05) is 53.6 Å². The summed E-state index contributed by atoms with van der Waals surface area (Å²) in [5, 5.41) is 0. The van der Waals surface area contributed by atoms with Gasteiger partial charge in [0, 0.05) is 5.56 Å². The Morgan fingerprint density at radius 2 is 1.89 bits per heavy atom. The normalized spacial score (nSPS) is 12.3. The monoisotopic (exact) mass is 338 g/mol. The average molecular weight is 339 g/mol. The molecule has 0 saturated carbocycles. The molecule has 0 aliphatic carbocycles. The zero-order valence-electron chi connectivity index (χ0n) is 11.8. The Kier molecular flexibility index (Phi) is 5.83. The summed E-state index contributed by atoms with van der Waals surface area (Å²) in [6.45, 7) is 8.70. The summed E-state index contributed by atoms with van der Waals surface area (Å²) in [7, 11) is -1.33. The van der Waals surface area contributed by atoms with Gasteiger partial charge in [0.2, 0.25) is 0 Å². The van der Waals surface area contributed by atoms with Crippen molar-refractivity contribution < 1.29 is 9.53 Å². The van der Waals surface area contributed by atoms with Crippen molar-refractivity contribution in [3.8, 4) is 11.5 Å². The van der Waals surface area contributed by atoms with Crippen molar-refractivity contribution in [1.29, 1.82) is 0 Å². The molecule has 0 N–H and O–H groups in total. The van der Waals surface area contributed by atoms with E-state index in [0.717, 1.165) is 11.1 Å². The summed E-state index contributed by atoms with van der Waals surface area (Å²) in [5.41, 5.74) is 5.30. The smallest absolute Gasteiger partial charge is 0.319 e. The molecule has 0 amide bonds. The standard InChI is InChI=1S/C15H19BrO2Si/c1-12(16)15(17)18-11-14-7-5-13(6-8-14)9-10-19(2,3)4/h5-8,12H,11H2,1-4H3. The van der Waals surface area contributed by atoms with Crippen molar-refractivity contribution >= 4 is 30.0 Å². The third-order valence-corrected chi connectivity index (χ3v) is 3.49. The summed E-state index contributed by atoms with van der Waals surface area (Å²) < 4.78 is 5.13. The molecule has 1 aromatic carbocycles. The Labute approximate surface area is 124 Å². The van der Waals surface area contributed by atoms with E-state index >= 15 is 0 Å². The van der Waals surface area contributed by atoms with Gasteiger partial charge in [-0.25, -0.2) is 0 Å². The fraction of sp³-hybridized carbons (Fsp3) is 0.400. The van der Waals surface area contributed by atoms with Gasteiger partial charge >= 0.3 is 5.97 Å². The maximum absolute atomic E-state index is 11.3. The summed E-state index contributed by atoms with van der Waals surface area (Å²) in [6.07, 6.45) is 0. The molecular weight excluding hydrogens is 320 g/mol. The van der Waals surface area contributed by atoms with E-state index in [1.54, 1.807) is 6.92 Å². The number of rotatable bonds is 3. The van der Waals surface area contributed by atoms with Crippen molar-refractivity contribution in [3.63, 3.8) is 0 Å². The van der Waals surface area contributed by atoms with Gasteiger partial charge in [0.1, 0.15) is 19.5 Å². The lowest BCUT2D eigenvalue weighted by Crippen LogP contribution is -2.16. The first-order valence-electron chi connectivity index (χ1n) is 6.21. The Hall–Kier alpha value is -1.05. The van der Waals surface area contributed by atoms with E-state index in [1.165, 1.54) is 0 Å². The first-order valence-corrected chi connectivity index (χ1v) is 10.6. The van der Waals surface area contributed by atoms with E-state index in [0.29, 0.717) is 6.61 Å². The summed E-state index contributed by atoms with van der Waals surface area (Å²) in [6, 6.07) is 7.82. The third-order valence-electron chi connectivity index (χ3n) is 2.24. The highest BCUT2D eigenvalue weighted by atomic mass is 79.9. The number of hydrogen-bond acceptors (Lipinski definition) is 2. The highest BCUT2D eigenvalue weighted by molar-refractivity contribution is 9.10. The number of esters is 1. The molecule has 1 aromatic rings. The Bertz CT molecular complexity index is 490. The Morgan fingerprint density at radius 1 is 1.32 bits per heavy atom. The van der Waals surface area contributed by atoms with E-state index in [9.17, 15) is 4.79 Å². The number of halogens is 1. The minimum atomic E-state index is -1.33. The number of carbonyl (C=O) groups excluding carboxylic acids is 1. The fourth-order valence-corrected chi connectivity index (χ4v) is 1.86. The summed E-state index contributed by atoms with van der Waals surface area (Å²) >= 11 is 3.18. The molecule has 0 bridgehead atoms. The Balaban J connectivity index is 2.61. The van der Waals surface area contributed by atoms with Crippen molar-refractivity contribution in [1.82, 2.24) is 0 Å². The predicted octanol–water partition coefficient (Wildman–Crippen LogP) is 3.74. The number of benzene rings is 1. The van der Waals surface area contributed by atoms with Gasteiger partial charge in [-0.2, -0.15) is 0 Å². The number of carbonyl (C=O) groups is 1. The van der Waals surface area contributed by atoms with Crippen molar-refractivity contribution in [3.05, 3.63) is 35.4 Å². The van der Waals surface area contributed by atoms with Crippen LogP contribution in [0.1, 0.15) is 18.1 Å². The van der Waals surface area contributed by atoms with Gasteiger partial charge in [0.15, 0.2) is 0 Å². The van der Waals surface area contributed by atoms with Crippen LogP contribution in [0.15, 0.2) is 24.3 Å². The fourth-order valence-electron chi connectivity index (χ4n) is 1.21. The SMILES string of the molecule is CC(Br)C(=O)OCc1ccc(C#C[Si](C)(C)C)cc1. The van der Waals surface area contributed by atoms with E-state index in [4.69, 9.17) is 4.74 Å². The van der Waals surface area contributed by atoms with Gasteiger partial charge in [-0.3, -0.25) is 4.79 Å². The number of hydrogen-bond donors (Lipinski definition) is 0. The second-order valence-corrected chi connectivity index (χ2v) is 11.5. The zero-order valence-corrected chi connectivity index (χ0v) is 14.4. The van der Waals surface area contributed by atoms with Gasteiger partial charge in [0.05, 0.1) is 0 Å². The van der Waals surface area contributed by atoms with Crippen LogP contribution in [-0.4, -0.2) is 18.9 Å². The van der Waals surface area contributed by atoms with Gasteiger partial charge < -0.3 is 4.74 Å². The van der Waals surface area contributed by atoms with Crippen LogP contribution in [0.3, 0.4) is 0 Å². The van der Waals surface area contributed by atoms with Gasteiger partial charge in [0.25, 0.3) is 0 Å². The quantitative estimate of drug-likeness (QED) is 0.363. The molecule has 0 fully saturated rings. The van der Waals surface area contributed by atoms with Crippen LogP contribution in [0, 0.1) is 11.5 Å². The highest BCUT2D eigenvalue weighted by Gasteiger charge is 2.10. The maximum atomic E-state index is 11.3. The minimum absolute atomic E-state index is 0.248. The summed E-state index contributed by atoms with van der Waals surface area (Å²) in [5.74, 6) is 2.94. The molecule has 1 rings (SSSR count). The highest BCUT2D eigenvalue weighted by Crippen LogP contribution is 2.08. The van der Waals surface area contributed by atoms with E-state index in [-0.39, 0.29) is 10.8 Å². The molecule has 0 spiro atoms. The molecule has 19 heavy (non-hydrogen) atoms.